The first-order valence-electron chi connectivity index (χ1n) is 8.39. The molecule has 10 nitrogen and oxygen atoms in total. The highest BCUT2D eigenvalue weighted by Crippen LogP contribution is 2.30. The van der Waals surface area contributed by atoms with E-state index in [0.717, 1.165) is 4.31 Å². The summed E-state index contributed by atoms with van der Waals surface area (Å²) in [6.07, 6.45) is 3.92. The van der Waals surface area contributed by atoms with Crippen LogP contribution >= 0.6 is 0 Å². The highest BCUT2D eigenvalue weighted by Gasteiger charge is 2.42. The first kappa shape index (κ1) is 20.1. The fourth-order valence-electron chi connectivity index (χ4n) is 2.86. The van der Waals surface area contributed by atoms with Gasteiger partial charge >= 0.3 is 10.2 Å². The van der Waals surface area contributed by atoms with Gasteiger partial charge in [-0.05, 0) is 25.3 Å². The van der Waals surface area contributed by atoms with E-state index in [1.165, 1.54) is 10.4 Å². The maximum absolute atomic E-state index is 13.2. The van der Waals surface area contributed by atoms with Crippen LogP contribution in [0.5, 0.6) is 0 Å². The molecule has 1 aliphatic heterocycles. The fraction of sp³-hybridized carbons (Fsp3) is 0.533. The minimum Gasteiger partial charge on any atom is -0.319 e. The second-order valence-corrected chi connectivity index (χ2v) is 7.62. The van der Waals surface area contributed by atoms with E-state index in [0.29, 0.717) is 49.3 Å². The Morgan fingerprint density at radius 1 is 1.42 bits per heavy atom. The van der Waals surface area contributed by atoms with Gasteiger partial charge in [-0.15, -0.1) is 0 Å². The highest BCUT2D eigenvalue weighted by atomic mass is 32.2. The van der Waals surface area contributed by atoms with E-state index in [1.54, 1.807) is 6.08 Å². The molecule has 0 saturated carbocycles. The molecule has 1 atom stereocenters. The maximum atomic E-state index is 13.2. The molecule has 2 amide bonds. The largest absolute Gasteiger partial charge is 0.319 e. The quantitative estimate of drug-likeness (QED) is 0.210. The molecule has 0 aromatic carbocycles. The van der Waals surface area contributed by atoms with Crippen molar-refractivity contribution in [1.82, 2.24) is 19.4 Å². The second-order valence-electron chi connectivity index (χ2n) is 5.81. The molecule has 144 valence electrons. The lowest BCUT2D eigenvalue weighted by Gasteiger charge is -2.32. The molecule has 1 heterocycles. The van der Waals surface area contributed by atoms with Crippen molar-refractivity contribution in [3.8, 4) is 0 Å². The minimum atomic E-state index is -3.90. The van der Waals surface area contributed by atoms with Gasteiger partial charge in [0.1, 0.15) is 0 Å². The summed E-state index contributed by atoms with van der Waals surface area (Å²) in [7, 11) is -3.90. The Hall–Kier alpha value is -2.24. The van der Waals surface area contributed by atoms with Gasteiger partial charge in [0.15, 0.2) is 0 Å². The average Bonchev–Trinajstić information content (AvgIpc) is 2.98. The summed E-state index contributed by atoms with van der Waals surface area (Å²) in [5.74, 6) is 4.68. The van der Waals surface area contributed by atoms with Gasteiger partial charge in [-0.3, -0.25) is 15.0 Å². The molecule has 1 unspecified atom stereocenters. The molecule has 0 saturated heterocycles. The summed E-state index contributed by atoms with van der Waals surface area (Å²) in [6, 6.07) is 0. The summed E-state index contributed by atoms with van der Waals surface area (Å²) in [5, 5.41) is 2.41. The van der Waals surface area contributed by atoms with Crippen LogP contribution in [0.4, 0.5) is 0 Å². The molecular formula is C15H24N6O4S. The molecule has 2 aliphatic rings. The number of carbonyl (C=O) groups excluding carboxylic acids is 2. The van der Waals surface area contributed by atoms with E-state index < -0.39 is 22.4 Å². The van der Waals surface area contributed by atoms with Crippen LogP contribution in [0, 0.1) is 0 Å². The summed E-state index contributed by atoms with van der Waals surface area (Å²) in [4.78, 5) is 26.9. The van der Waals surface area contributed by atoms with E-state index >= 15 is 0 Å². The molecule has 0 spiro atoms. The van der Waals surface area contributed by atoms with Crippen LogP contribution in [0.3, 0.4) is 0 Å². The van der Waals surface area contributed by atoms with Crippen molar-refractivity contribution < 1.29 is 18.0 Å². The number of aliphatic imine (C=N–C) groups is 1. The van der Waals surface area contributed by atoms with Crippen molar-refractivity contribution in [2.75, 3.05) is 13.1 Å². The van der Waals surface area contributed by atoms with Crippen molar-refractivity contribution in [3.05, 3.63) is 23.4 Å². The topological polar surface area (TPSA) is 137 Å². The molecule has 1 aliphatic carbocycles. The van der Waals surface area contributed by atoms with Crippen LogP contribution in [-0.2, 0) is 19.8 Å². The molecule has 26 heavy (non-hydrogen) atoms. The van der Waals surface area contributed by atoms with E-state index in [1.807, 2.05) is 19.3 Å². The van der Waals surface area contributed by atoms with Crippen molar-refractivity contribution in [3.63, 3.8) is 0 Å². The Bertz CT molecular complexity index is 752. The van der Waals surface area contributed by atoms with Gasteiger partial charge in [-0.2, -0.15) is 12.7 Å². The number of fused-ring (bicyclic) bond motifs is 1. The number of nitrogens with zero attached hydrogens (tertiary/aromatic N) is 3. The van der Waals surface area contributed by atoms with Crippen molar-refractivity contribution in [2.45, 2.75) is 39.4 Å². The van der Waals surface area contributed by atoms with Crippen LogP contribution in [0.1, 0.15) is 33.1 Å². The zero-order valence-electron chi connectivity index (χ0n) is 14.8. The van der Waals surface area contributed by atoms with Gasteiger partial charge in [0.2, 0.25) is 12.7 Å². The Labute approximate surface area is 153 Å². The van der Waals surface area contributed by atoms with Crippen LogP contribution in [0.25, 0.3) is 0 Å². The molecule has 0 aromatic rings. The van der Waals surface area contributed by atoms with E-state index in [2.05, 4.69) is 10.3 Å². The molecular weight excluding hydrogens is 360 g/mol. The molecule has 0 fully saturated rings. The average molecular weight is 384 g/mol. The van der Waals surface area contributed by atoms with Crippen LogP contribution in [0.15, 0.2) is 28.4 Å². The number of allylic oxidation sites excluding steroid dienone is 2. The summed E-state index contributed by atoms with van der Waals surface area (Å²) in [6.45, 7) is 4.51. The lowest BCUT2D eigenvalue weighted by molar-refractivity contribution is -0.117. The summed E-state index contributed by atoms with van der Waals surface area (Å²) in [5.41, 5.74) is 3.05. The highest BCUT2D eigenvalue weighted by molar-refractivity contribution is 7.87. The summed E-state index contributed by atoms with van der Waals surface area (Å²) >= 11 is 0. The standard InChI is InChI=1S/C15H24N6O4S/c1-3-7-20(8-4-2)26(24,25)21-13-6-5-11(14(23)19-16)9-12(13)18-15(21)17-10-22/h6,9-10,15H,3-5,7-8,16H2,1-2H3,(H,17,22)(H,19,23). The van der Waals surface area contributed by atoms with Crippen molar-refractivity contribution in [1.29, 1.82) is 0 Å². The smallest absolute Gasteiger partial charge is 0.307 e. The van der Waals surface area contributed by atoms with Gasteiger partial charge in [-0.25, -0.2) is 15.1 Å². The molecule has 4 N–H and O–H groups in total. The third-order valence-electron chi connectivity index (χ3n) is 3.97. The Kier molecular flexibility index (Phi) is 6.51. The number of carbonyl (C=O) groups is 2. The Morgan fingerprint density at radius 3 is 2.62 bits per heavy atom. The second kappa shape index (κ2) is 8.43. The van der Waals surface area contributed by atoms with Gasteiger partial charge in [-0.1, -0.05) is 19.9 Å². The van der Waals surface area contributed by atoms with Crippen LogP contribution in [0.2, 0.25) is 0 Å². The third-order valence-corrected chi connectivity index (χ3v) is 5.88. The van der Waals surface area contributed by atoms with Crippen LogP contribution < -0.4 is 16.6 Å². The lowest BCUT2D eigenvalue weighted by atomic mass is 10.0. The SMILES string of the molecule is CCCN(CCC)S(=O)(=O)N1C2=CCC(C(=O)NN)=CC2=NC1NC=O. The Morgan fingerprint density at radius 2 is 2.08 bits per heavy atom. The zero-order chi connectivity index (χ0) is 19.3. The molecule has 2 rings (SSSR count). The third kappa shape index (κ3) is 3.79. The van der Waals surface area contributed by atoms with Gasteiger partial charge < -0.3 is 5.32 Å². The van der Waals surface area contributed by atoms with Gasteiger partial charge in [0, 0.05) is 18.7 Å². The number of nitrogens with one attached hydrogen (secondary N) is 2. The molecule has 0 radical (unpaired) electrons. The predicted octanol–water partition coefficient (Wildman–Crippen LogP) is -0.657. The van der Waals surface area contributed by atoms with Gasteiger partial charge in [0.05, 0.1) is 11.4 Å². The zero-order valence-corrected chi connectivity index (χ0v) is 15.6. The van der Waals surface area contributed by atoms with Crippen molar-refractivity contribution >= 4 is 28.2 Å². The number of amides is 2. The van der Waals surface area contributed by atoms with Gasteiger partial charge in [0.25, 0.3) is 5.91 Å². The molecule has 0 aromatic heterocycles. The normalized spacial score (nSPS) is 19.5. The number of rotatable bonds is 9. The minimum absolute atomic E-state index is 0.207. The number of hydrogen-bond donors (Lipinski definition) is 3. The number of hydrazine groups is 1. The van der Waals surface area contributed by atoms with Crippen molar-refractivity contribution in [2.24, 2.45) is 10.8 Å². The summed E-state index contributed by atoms with van der Waals surface area (Å²) < 4.78 is 28.8. The fourth-order valence-corrected chi connectivity index (χ4v) is 4.72. The first-order chi connectivity index (χ1) is 12.4. The number of nitrogens with two attached hydrogens (primary N) is 1. The monoisotopic (exact) mass is 384 g/mol. The predicted molar refractivity (Wildman–Crippen MR) is 96.4 cm³/mol. The van der Waals surface area contributed by atoms with E-state index in [-0.39, 0.29) is 6.42 Å². The lowest BCUT2D eigenvalue weighted by Crippen LogP contribution is -2.50. The molecule has 0 bridgehead atoms. The van der Waals surface area contributed by atoms with E-state index in [9.17, 15) is 18.0 Å². The van der Waals surface area contributed by atoms with Crippen LogP contribution in [-0.4, -0.2) is 54.4 Å². The number of hydrogen-bond acceptors (Lipinski definition) is 6. The van der Waals surface area contributed by atoms with E-state index in [4.69, 9.17) is 5.84 Å². The Balaban J connectivity index is 2.41. The maximum Gasteiger partial charge on any atom is 0.307 e. The first-order valence-corrected chi connectivity index (χ1v) is 9.79. The molecule has 11 heteroatoms.